The van der Waals surface area contributed by atoms with Gasteiger partial charge in [0.1, 0.15) is 0 Å². The highest BCUT2D eigenvalue weighted by Gasteiger charge is 2.36. The maximum absolute atomic E-state index is 12.6. The van der Waals surface area contributed by atoms with Crippen LogP contribution in [0.15, 0.2) is 0 Å². The second-order valence-corrected chi connectivity index (χ2v) is 5.88. The van der Waals surface area contributed by atoms with Crippen molar-refractivity contribution in [1.82, 2.24) is 4.90 Å². The summed E-state index contributed by atoms with van der Waals surface area (Å²) in [6, 6.07) is 0.0916. The summed E-state index contributed by atoms with van der Waals surface area (Å²) in [5, 5.41) is 9.10. The minimum absolute atomic E-state index is 0.0685. The van der Waals surface area contributed by atoms with Crippen LogP contribution in [0.5, 0.6) is 0 Å². The predicted octanol–water partition coefficient (Wildman–Crippen LogP) is 1.51. The van der Waals surface area contributed by atoms with Crippen LogP contribution in [-0.2, 0) is 14.3 Å². The molecule has 0 aromatic carbocycles. The van der Waals surface area contributed by atoms with Crippen molar-refractivity contribution in [3.05, 3.63) is 0 Å². The van der Waals surface area contributed by atoms with E-state index in [0.29, 0.717) is 26.0 Å². The molecule has 1 amide bonds. The second-order valence-electron chi connectivity index (χ2n) is 5.88. The number of carboxylic acid groups (broad SMARTS) is 1. The molecule has 0 aromatic heterocycles. The van der Waals surface area contributed by atoms with Crippen molar-refractivity contribution >= 4 is 11.9 Å². The first-order valence-corrected chi connectivity index (χ1v) is 7.14. The van der Waals surface area contributed by atoms with Crippen LogP contribution in [0.3, 0.4) is 0 Å². The number of carbonyl (C=O) groups excluding carboxylic acids is 1. The van der Waals surface area contributed by atoms with Gasteiger partial charge in [0, 0.05) is 12.5 Å². The zero-order valence-corrected chi connectivity index (χ0v) is 11.7. The summed E-state index contributed by atoms with van der Waals surface area (Å²) in [4.78, 5) is 25.5. The van der Waals surface area contributed by atoms with Crippen LogP contribution in [0, 0.1) is 11.8 Å². The van der Waals surface area contributed by atoms with Gasteiger partial charge in [-0.15, -0.1) is 0 Å². The number of amides is 1. The Bertz CT molecular complexity index is 357. The molecule has 1 N–H and O–H groups in total. The Morgan fingerprint density at radius 1 is 1.21 bits per heavy atom. The van der Waals surface area contributed by atoms with E-state index in [9.17, 15) is 9.59 Å². The molecule has 1 saturated heterocycles. The molecule has 1 heterocycles. The molecule has 0 radical (unpaired) electrons. The van der Waals surface area contributed by atoms with Gasteiger partial charge >= 0.3 is 5.97 Å². The zero-order chi connectivity index (χ0) is 14.0. The van der Waals surface area contributed by atoms with Crippen molar-refractivity contribution in [2.45, 2.75) is 51.7 Å². The van der Waals surface area contributed by atoms with Gasteiger partial charge in [0.15, 0.2) is 0 Å². The summed E-state index contributed by atoms with van der Waals surface area (Å²) >= 11 is 0. The van der Waals surface area contributed by atoms with Gasteiger partial charge in [-0.2, -0.15) is 0 Å². The number of ether oxygens (including phenoxy) is 1. The third-order valence-electron chi connectivity index (χ3n) is 4.26. The van der Waals surface area contributed by atoms with E-state index >= 15 is 0 Å². The van der Waals surface area contributed by atoms with Crippen LogP contribution in [-0.4, -0.2) is 47.2 Å². The molecule has 19 heavy (non-hydrogen) atoms. The van der Waals surface area contributed by atoms with Crippen LogP contribution in [0.1, 0.15) is 39.5 Å². The molecule has 1 saturated carbocycles. The quantitative estimate of drug-likeness (QED) is 0.825. The van der Waals surface area contributed by atoms with E-state index in [0.717, 1.165) is 12.8 Å². The Hall–Kier alpha value is -1.10. The second kappa shape index (κ2) is 5.90. The fourth-order valence-electron chi connectivity index (χ4n) is 3.08. The average molecular weight is 269 g/mol. The van der Waals surface area contributed by atoms with Crippen LogP contribution in [0.4, 0.5) is 0 Å². The minimum atomic E-state index is -0.763. The van der Waals surface area contributed by atoms with E-state index in [4.69, 9.17) is 9.84 Å². The molecule has 5 nitrogen and oxygen atoms in total. The van der Waals surface area contributed by atoms with E-state index < -0.39 is 5.97 Å². The first kappa shape index (κ1) is 14.3. The number of hydrogen-bond acceptors (Lipinski definition) is 3. The molecule has 4 atom stereocenters. The third-order valence-corrected chi connectivity index (χ3v) is 4.26. The van der Waals surface area contributed by atoms with E-state index in [1.807, 2.05) is 18.7 Å². The molecule has 108 valence electrons. The summed E-state index contributed by atoms with van der Waals surface area (Å²) < 4.78 is 5.53. The Balaban J connectivity index is 2.00. The van der Waals surface area contributed by atoms with Gasteiger partial charge in [-0.25, -0.2) is 0 Å². The smallest absolute Gasteiger partial charge is 0.306 e. The molecule has 0 spiro atoms. The third kappa shape index (κ3) is 3.26. The lowest BCUT2D eigenvalue weighted by molar-refractivity contribution is -0.151. The topological polar surface area (TPSA) is 66.8 Å². The Kier molecular flexibility index (Phi) is 4.45. The van der Waals surface area contributed by atoms with Gasteiger partial charge in [0.05, 0.1) is 24.7 Å². The van der Waals surface area contributed by atoms with Crippen molar-refractivity contribution in [3.8, 4) is 0 Å². The standard InChI is InChI=1S/C14H23NO4/c1-9-8-19-10(2)7-15(9)13(16)11-4-3-5-12(6-11)14(17)18/h9-12H,3-8H2,1-2H3,(H,17,18). The number of rotatable bonds is 2. The van der Waals surface area contributed by atoms with Crippen LogP contribution in [0.2, 0.25) is 0 Å². The monoisotopic (exact) mass is 269 g/mol. The fraction of sp³-hybridized carbons (Fsp3) is 0.857. The molecule has 4 unspecified atom stereocenters. The number of morpholine rings is 1. The van der Waals surface area contributed by atoms with Gasteiger partial charge < -0.3 is 14.7 Å². The molecular weight excluding hydrogens is 246 g/mol. The van der Waals surface area contributed by atoms with Crippen molar-refractivity contribution in [3.63, 3.8) is 0 Å². The van der Waals surface area contributed by atoms with Crippen molar-refractivity contribution in [1.29, 1.82) is 0 Å². The Morgan fingerprint density at radius 3 is 2.58 bits per heavy atom. The van der Waals surface area contributed by atoms with Gasteiger partial charge in [-0.1, -0.05) is 6.42 Å². The summed E-state index contributed by atoms with van der Waals surface area (Å²) in [6.45, 7) is 5.14. The van der Waals surface area contributed by atoms with Crippen LogP contribution < -0.4 is 0 Å². The van der Waals surface area contributed by atoms with E-state index in [1.54, 1.807) is 0 Å². The van der Waals surface area contributed by atoms with Crippen molar-refractivity contribution in [2.24, 2.45) is 11.8 Å². The number of nitrogens with zero attached hydrogens (tertiary/aromatic N) is 1. The highest BCUT2D eigenvalue weighted by atomic mass is 16.5. The number of aliphatic carboxylic acids is 1. The van der Waals surface area contributed by atoms with Gasteiger partial charge in [0.2, 0.25) is 5.91 Å². The molecule has 0 bridgehead atoms. The lowest BCUT2D eigenvalue weighted by Gasteiger charge is -2.40. The van der Waals surface area contributed by atoms with Gasteiger partial charge in [-0.3, -0.25) is 9.59 Å². The minimum Gasteiger partial charge on any atom is -0.481 e. The lowest BCUT2D eigenvalue weighted by atomic mass is 9.80. The molecule has 2 aliphatic rings. The lowest BCUT2D eigenvalue weighted by Crippen LogP contribution is -2.52. The molecule has 1 aliphatic carbocycles. The Morgan fingerprint density at radius 2 is 1.89 bits per heavy atom. The first-order valence-electron chi connectivity index (χ1n) is 7.14. The van der Waals surface area contributed by atoms with Gasteiger partial charge in [-0.05, 0) is 33.1 Å². The first-order chi connectivity index (χ1) is 8.99. The van der Waals surface area contributed by atoms with Crippen molar-refractivity contribution < 1.29 is 19.4 Å². The average Bonchev–Trinajstić information content (AvgIpc) is 2.41. The van der Waals surface area contributed by atoms with Crippen LogP contribution in [0.25, 0.3) is 0 Å². The number of hydrogen-bond donors (Lipinski definition) is 1. The Labute approximate surface area is 113 Å². The van der Waals surface area contributed by atoms with E-state index in [1.165, 1.54) is 0 Å². The maximum Gasteiger partial charge on any atom is 0.306 e. The predicted molar refractivity (Wildman–Crippen MR) is 69.7 cm³/mol. The number of carbonyl (C=O) groups is 2. The SMILES string of the molecule is CC1CN(C(=O)C2CCCC(C(=O)O)C2)C(C)CO1. The molecular formula is C14H23NO4. The molecule has 0 aromatic rings. The normalized spacial score (nSPS) is 36.0. The zero-order valence-electron chi connectivity index (χ0n) is 11.7. The highest BCUT2D eigenvalue weighted by molar-refractivity contribution is 5.80. The molecule has 1 aliphatic heterocycles. The highest BCUT2D eigenvalue weighted by Crippen LogP contribution is 2.31. The number of carboxylic acids is 1. The van der Waals surface area contributed by atoms with E-state index in [-0.39, 0.29) is 29.9 Å². The van der Waals surface area contributed by atoms with Crippen LogP contribution >= 0.6 is 0 Å². The molecule has 2 rings (SSSR count). The van der Waals surface area contributed by atoms with Crippen molar-refractivity contribution in [2.75, 3.05) is 13.2 Å². The largest absolute Gasteiger partial charge is 0.481 e. The van der Waals surface area contributed by atoms with Gasteiger partial charge in [0.25, 0.3) is 0 Å². The summed E-state index contributed by atoms with van der Waals surface area (Å²) in [5.74, 6) is -1.12. The fourth-order valence-corrected chi connectivity index (χ4v) is 3.08. The summed E-state index contributed by atoms with van der Waals surface area (Å²) in [7, 11) is 0. The molecule has 5 heteroatoms. The molecule has 2 fully saturated rings. The maximum atomic E-state index is 12.6. The summed E-state index contributed by atoms with van der Waals surface area (Å²) in [6.07, 6.45) is 2.92. The van der Waals surface area contributed by atoms with E-state index in [2.05, 4.69) is 0 Å². The summed E-state index contributed by atoms with van der Waals surface area (Å²) in [5.41, 5.74) is 0.